The zero-order valence-electron chi connectivity index (χ0n) is 14.6. The van der Waals surface area contributed by atoms with Crippen LogP contribution in [0.15, 0.2) is 35.7 Å². The standard InChI is InChI=1S/C19H19NO6S/c21-14(17-3-1-10-27-17)5-7-19(23)26-12-18(22)20-13-4-6-15-16(11-13)25-9-2-8-24-15/h1,3-4,6,10-11H,2,5,7-9,12H2,(H,20,22). The summed E-state index contributed by atoms with van der Waals surface area (Å²) < 4.78 is 16.0. The van der Waals surface area contributed by atoms with Crippen LogP contribution in [0.25, 0.3) is 0 Å². The highest BCUT2D eigenvalue weighted by Gasteiger charge is 2.14. The number of rotatable bonds is 7. The van der Waals surface area contributed by atoms with Crippen molar-refractivity contribution in [1.82, 2.24) is 0 Å². The molecule has 27 heavy (non-hydrogen) atoms. The molecule has 8 heteroatoms. The van der Waals surface area contributed by atoms with Crippen molar-refractivity contribution in [3.05, 3.63) is 40.6 Å². The van der Waals surface area contributed by atoms with Gasteiger partial charge in [0.1, 0.15) is 0 Å². The largest absolute Gasteiger partial charge is 0.490 e. The SMILES string of the molecule is O=C(COC(=O)CCC(=O)c1cccs1)Nc1ccc2c(c1)OCCCO2. The van der Waals surface area contributed by atoms with E-state index in [0.29, 0.717) is 35.3 Å². The molecule has 0 bridgehead atoms. The van der Waals surface area contributed by atoms with Gasteiger partial charge >= 0.3 is 5.97 Å². The zero-order chi connectivity index (χ0) is 19.1. The van der Waals surface area contributed by atoms with E-state index in [-0.39, 0.29) is 18.6 Å². The second-order valence-electron chi connectivity index (χ2n) is 5.82. The number of thiophene rings is 1. The van der Waals surface area contributed by atoms with Crippen LogP contribution < -0.4 is 14.8 Å². The number of amides is 1. The second-order valence-corrected chi connectivity index (χ2v) is 6.77. The summed E-state index contributed by atoms with van der Waals surface area (Å²) in [6, 6.07) is 8.56. The molecule has 1 aliphatic heterocycles. The maximum absolute atomic E-state index is 12.0. The number of benzene rings is 1. The van der Waals surface area contributed by atoms with Gasteiger partial charge < -0.3 is 19.5 Å². The van der Waals surface area contributed by atoms with E-state index in [1.165, 1.54) is 11.3 Å². The summed E-state index contributed by atoms with van der Waals surface area (Å²) in [5.74, 6) is 0.0245. The van der Waals surface area contributed by atoms with Crippen molar-refractivity contribution in [2.45, 2.75) is 19.3 Å². The lowest BCUT2D eigenvalue weighted by atomic mass is 10.2. The summed E-state index contributed by atoms with van der Waals surface area (Å²) in [6.45, 7) is 0.719. The molecule has 0 radical (unpaired) electrons. The van der Waals surface area contributed by atoms with Crippen LogP contribution in [-0.4, -0.2) is 37.5 Å². The highest BCUT2D eigenvalue weighted by atomic mass is 32.1. The molecule has 3 rings (SSSR count). The average molecular weight is 389 g/mol. The van der Waals surface area contributed by atoms with Gasteiger partial charge in [-0.3, -0.25) is 14.4 Å². The van der Waals surface area contributed by atoms with Gasteiger partial charge in [-0.2, -0.15) is 0 Å². The van der Waals surface area contributed by atoms with Crippen LogP contribution in [0.5, 0.6) is 11.5 Å². The zero-order valence-corrected chi connectivity index (χ0v) is 15.4. The molecule has 0 unspecified atom stereocenters. The van der Waals surface area contributed by atoms with E-state index in [4.69, 9.17) is 14.2 Å². The first-order valence-electron chi connectivity index (χ1n) is 8.53. The van der Waals surface area contributed by atoms with E-state index in [2.05, 4.69) is 5.32 Å². The van der Waals surface area contributed by atoms with Gasteiger partial charge in [-0.25, -0.2) is 0 Å². The Hall–Kier alpha value is -2.87. The monoisotopic (exact) mass is 389 g/mol. The topological polar surface area (TPSA) is 90.9 Å². The molecule has 0 saturated heterocycles. The van der Waals surface area contributed by atoms with E-state index < -0.39 is 18.5 Å². The molecule has 2 aromatic rings. The van der Waals surface area contributed by atoms with Crippen molar-refractivity contribution in [3.8, 4) is 11.5 Å². The van der Waals surface area contributed by atoms with Crippen molar-refractivity contribution in [1.29, 1.82) is 0 Å². The number of fused-ring (bicyclic) bond motifs is 1. The maximum Gasteiger partial charge on any atom is 0.306 e. The molecule has 2 heterocycles. The molecular formula is C19H19NO6S. The normalized spacial score (nSPS) is 12.7. The van der Waals surface area contributed by atoms with E-state index in [9.17, 15) is 14.4 Å². The minimum absolute atomic E-state index is 0.0587. The van der Waals surface area contributed by atoms with Gasteiger partial charge in [0, 0.05) is 24.6 Å². The molecule has 1 aromatic carbocycles. The number of Topliss-reactive ketones (excluding diaryl/α,β-unsaturated/α-hetero) is 1. The lowest BCUT2D eigenvalue weighted by molar-refractivity contribution is -0.147. The summed E-state index contributed by atoms with van der Waals surface area (Å²) in [7, 11) is 0. The Morgan fingerprint density at radius 1 is 1.07 bits per heavy atom. The highest BCUT2D eigenvalue weighted by Crippen LogP contribution is 2.32. The molecule has 1 amide bonds. The Morgan fingerprint density at radius 3 is 2.67 bits per heavy atom. The summed E-state index contributed by atoms with van der Waals surface area (Å²) in [5, 5.41) is 4.44. The molecule has 0 saturated carbocycles. The van der Waals surface area contributed by atoms with Crippen LogP contribution in [0.3, 0.4) is 0 Å². The average Bonchev–Trinajstić information content (AvgIpc) is 3.11. The van der Waals surface area contributed by atoms with Crippen molar-refractivity contribution in [2.24, 2.45) is 0 Å². The Morgan fingerprint density at radius 2 is 1.89 bits per heavy atom. The van der Waals surface area contributed by atoms with Crippen LogP contribution in [0.4, 0.5) is 5.69 Å². The van der Waals surface area contributed by atoms with Gasteiger partial charge in [0.05, 0.1) is 24.5 Å². The van der Waals surface area contributed by atoms with Gasteiger partial charge in [0.2, 0.25) is 0 Å². The molecule has 0 spiro atoms. The summed E-state index contributed by atoms with van der Waals surface area (Å²) in [5.41, 5.74) is 0.521. The van der Waals surface area contributed by atoms with Crippen molar-refractivity contribution < 1.29 is 28.6 Å². The van der Waals surface area contributed by atoms with Gasteiger partial charge in [0.15, 0.2) is 23.9 Å². The molecule has 142 valence electrons. The number of ether oxygens (including phenoxy) is 3. The molecule has 7 nitrogen and oxygen atoms in total. The van der Waals surface area contributed by atoms with Crippen LogP contribution in [0.1, 0.15) is 28.9 Å². The highest BCUT2D eigenvalue weighted by molar-refractivity contribution is 7.12. The number of carbonyl (C=O) groups excluding carboxylic acids is 3. The molecule has 1 aromatic heterocycles. The molecule has 0 atom stereocenters. The fourth-order valence-corrected chi connectivity index (χ4v) is 3.13. The minimum Gasteiger partial charge on any atom is -0.490 e. The van der Waals surface area contributed by atoms with Crippen molar-refractivity contribution in [2.75, 3.05) is 25.1 Å². The quantitative estimate of drug-likeness (QED) is 0.578. The van der Waals surface area contributed by atoms with Crippen LogP contribution in [0.2, 0.25) is 0 Å². The molecule has 1 N–H and O–H groups in total. The Balaban J connectivity index is 1.42. The summed E-state index contributed by atoms with van der Waals surface area (Å²) >= 11 is 1.33. The van der Waals surface area contributed by atoms with E-state index in [0.717, 1.165) is 6.42 Å². The van der Waals surface area contributed by atoms with Crippen molar-refractivity contribution >= 4 is 34.7 Å². The number of esters is 1. The third-order valence-corrected chi connectivity index (χ3v) is 4.66. The Labute approximate surface area is 160 Å². The first-order chi connectivity index (χ1) is 13.1. The van der Waals surface area contributed by atoms with E-state index >= 15 is 0 Å². The number of ketones is 1. The summed E-state index contributed by atoms with van der Waals surface area (Å²) in [6.07, 6.45) is 0.790. The molecule has 1 aliphatic rings. The van der Waals surface area contributed by atoms with Crippen LogP contribution in [-0.2, 0) is 14.3 Å². The van der Waals surface area contributed by atoms with Gasteiger partial charge in [0.25, 0.3) is 5.91 Å². The van der Waals surface area contributed by atoms with E-state index in [1.807, 2.05) is 0 Å². The fraction of sp³-hybridized carbons (Fsp3) is 0.316. The maximum atomic E-state index is 12.0. The predicted molar refractivity (Wildman–Crippen MR) is 99.5 cm³/mol. The van der Waals surface area contributed by atoms with Crippen LogP contribution in [0, 0.1) is 0 Å². The lowest BCUT2D eigenvalue weighted by Crippen LogP contribution is -2.21. The van der Waals surface area contributed by atoms with Crippen molar-refractivity contribution in [3.63, 3.8) is 0 Å². The van der Waals surface area contributed by atoms with Gasteiger partial charge in [-0.15, -0.1) is 11.3 Å². The number of nitrogens with one attached hydrogen (secondary N) is 1. The first kappa shape index (κ1) is 18.9. The van der Waals surface area contributed by atoms with Crippen LogP contribution >= 0.6 is 11.3 Å². The first-order valence-corrected chi connectivity index (χ1v) is 9.41. The predicted octanol–water partition coefficient (Wildman–Crippen LogP) is 3.05. The fourth-order valence-electron chi connectivity index (χ4n) is 2.43. The third kappa shape index (κ3) is 5.55. The molecule has 0 aliphatic carbocycles. The number of anilines is 1. The number of hydrogen-bond donors (Lipinski definition) is 1. The van der Waals surface area contributed by atoms with E-state index in [1.54, 1.807) is 35.7 Å². The smallest absolute Gasteiger partial charge is 0.306 e. The second kappa shape index (κ2) is 9.18. The Kier molecular flexibility index (Phi) is 6.43. The lowest BCUT2D eigenvalue weighted by Gasteiger charge is -2.10. The number of hydrogen-bond acceptors (Lipinski definition) is 7. The molecular weight excluding hydrogens is 370 g/mol. The summed E-state index contributed by atoms with van der Waals surface area (Å²) in [4.78, 5) is 36.1. The third-order valence-electron chi connectivity index (χ3n) is 3.75. The Bertz CT molecular complexity index is 818. The van der Waals surface area contributed by atoms with Gasteiger partial charge in [-0.1, -0.05) is 6.07 Å². The molecule has 0 fully saturated rings. The minimum atomic E-state index is -0.589. The number of carbonyl (C=O) groups is 3. The van der Waals surface area contributed by atoms with Gasteiger partial charge in [-0.05, 0) is 23.6 Å².